The molecule has 2 rings (SSSR count). The van der Waals surface area contributed by atoms with Gasteiger partial charge < -0.3 is 15.2 Å². The molecule has 94 valence electrons. The van der Waals surface area contributed by atoms with Crippen molar-refractivity contribution in [2.75, 3.05) is 7.11 Å². The van der Waals surface area contributed by atoms with Gasteiger partial charge in [0, 0.05) is 12.6 Å². The molecule has 0 radical (unpaired) electrons. The summed E-state index contributed by atoms with van der Waals surface area (Å²) in [6.07, 6.45) is 4.06. The van der Waals surface area contributed by atoms with Crippen molar-refractivity contribution < 1.29 is 9.84 Å². The molecule has 1 atom stereocenters. The average molecular weight is 235 g/mol. The van der Waals surface area contributed by atoms with Crippen LogP contribution in [0.4, 0.5) is 0 Å². The van der Waals surface area contributed by atoms with Crippen LogP contribution in [-0.2, 0) is 6.54 Å². The molecule has 1 aromatic carbocycles. The van der Waals surface area contributed by atoms with Gasteiger partial charge in [0.15, 0.2) is 11.5 Å². The van der Waals surface area contributed by atoms with E-state index < -0.39 is 0 Å². The standard InChI is InChI=1S/C14H21NO2/c1-10(7-11-3-4-11)15-9-12-5-6-14(17-2)13(16)8-12/h5-6,8,10-11,15-16H,3-4,7,9H2,1-2H3. The van der Waals surface area contributed by atoms with Gasteiger partial charge in [0.1, 0.15) is 0 Å². The highest BCUT2D eigenvalue weighted by molar-refractivity contribution is 5.41. The summed E-state index contributed by atoms with van der Waals surface area (Å²) in [7, 11) is 1.56. The predicted molar refractivity (Wildman–Crippen MR) is 68.3 cm³/mol. The lowest BCUT2D eigenvalue weighted by Crippen LogP contribution is -2.25. The summed E-state index contributed by atoms with van der Waals surface area (Å²) in [5.41, 5.74) is 1.09. The normalized spacial score (nSPS) is 16.8. The minimum Gasteiger partial charge on any atom is -0.504 e. The van der Waals surface area contributed by atoms with Crippen molar-refractivity contribution in [3.8, 4) is 11.5 Å². The van der Waals surface area contributed by atoms with E-state index in [9.17, 15) is 5.11 Å². The van der Waals surface area contributed by atoms with E-state index in [0.29, 0.717) is 11.8 Å². The minimum atomic E-state index is 0.210. The Labute approximate surface area is 103 Å². The maximum atomic E-state index is 9.66. The Morgan fingerprint density at radius 2 is 2.24 bits per heavy atom. The van der Waals surface area contributed by atoms with Crippen molar-refractivity contribution >= 4 is 0 Å². The van der Waals surface area contributed by atoms with Crippen LogP contribution in [0.5, 0.6) is 11.5 Å². The third-order valence-electron chi connectivity index (χ3n) is 3.28. The molecule has 0 aliphatic heterocycles. The fourth-order valence-corrected chi connectivity index (χ4v) is 2.07. The molecule has 3 nitrogen and oxygen atoms in total. The van der Waals surface area contributed by atoms with Crippen LogP contribution in [0, 0.1) is 5.92 Å². The van der Waals surface area contributed by atoms with Gasteiger partial charge in [-0.2, -0.15) is 0 Å². The molecule has 0 aromatic heterocycles. The fourth-order valence-electron chi connectivity index (χ4n) is 2.07. The topological polar surface area (TPSA) is 41.5 Å². The van der Waals surface area contributed by atoms with Crippen LogP contribution >= 0.6 is 0 Å². The Morgan fingerprint density at radius 3 is 2.82 bits per heavy atom. The van der Waals surface area contributed by atoms with Crippen LogP contribution in [0.3, 0.4) is 0 Å². The van der Waals surface area contributed by atoms with Crippen LogP contribution < -0.4 is 10.1 Å². The Hall–Kier alpha value is -1.22. The number of hydrogen-bond donors (Lipinski definition) is 2. The van der Waals surface area contributed by atoms with Crippen LogP contribution in [0.15, 0.2) is 18.2 Å². The van der Waals surface area contributed by atoms with Crippen LogP contribution in [0.2, 0.25) is 0 Å². The number of aromatic hydroxyl groups is 1. The molecule has 0 amide bonds. The van der Waals surface area contributed by atoms with E-state index in [1.165, 1.54) is 19.3 Å². The van der Waals surface area contributed by atoms with E-state index >= 15 is 0 Å². The summed E-state index contributed by atoms with van der Waals surface area (Å²) in [4.78, 5) is 0. The summed E-state index contributed by atoms with van der Waals surface area (Å²) < 4.78 is 5.02. The highest BCUT2D eigenvalue weighted by atomic mass is 16.5. The van der Waals surface area contributed by atoms with Gasteiger partial charge in [-0.3, -0.25) is 0 Å². The molecule has 0 bridgehead atoms. The highest BCUT2D eigenvalue weighted by Crippen LogP contribution is 2.33. The largest absolute Gasteiger partial charge is 0.504 e. The zero-order chi connectivity index (χ0) is 12.3. The monoisotopic (exact) mass is 235 g/mol. The summed E-state index contributed by atoms with van der Waals surface area (Å²) in [5, 5.41) is 13.1. The third kappa shape index (κ3) is 3.63. The molecule has 1 aromatic rings. The zero-order valence-corrected chi connectivity index (χ0v) is 10.6. The summed E-state index contributed by atoms with van der Waals surface area (Å²) in [5.74, 6) is 1.68. The van der Waals surface area contributed by atoms with Gasteiger partial charge in [0.2, 0.25) is 0 Å². The van der Waals surface area contributed by atoms with Gasteiger partial charge in [-0.05, 0) is 37.0 Å². The van der Waals surface area contributed by atoms with E-state index in [1.54, 1.807) is 19.2 Å². The van der Waals surface area contributed by atoms with Crippen molar-refractivity contribution in [2.45, 2.75) is 38.8 Å². The smallest absolute Gasteiger partial charge is 0.160 e. The molecule has 1 unspecified atom stereocenters. The number of nitrogens with one attached hydrogen (secondary N) is 1. The van der Waals surface area contributed by atoms with E-state index in [-0.39, 0.29) is 5.75 Å². The minimum absolute atomic E-state index is 0.210. The van der Waals surface area contributed by atoms with Crippen molar-refractivity contribution in [2.24, 2.45) is 5.92 Å². The first-order valence-corrected chi connectivity index (χ1v) is 6.28. The van der Waals surface area contributed by atoms with Gasteiger partial charge in [0.25, 0.3) is 0 Å². The van der Waals surface area contributed by atoms with Gasteiger partial charge in [-0.1, -0.05) is 18.9 Å². The maximum Gasteiger partial charge on any atom is 0.160 e. The predicted octanol–water partition coefficient (Wildman–Crippen LogP) is 2.68. The maximum absolute atomic E-state index is 9.66. The van der Waals surface area contributed by atoms with E-state index in [4.69, 9.17) is 4.74 Å². The lowest BCUT2D eigenvalue weighted by atomic mass is 10.1. The number of methoxy groups -OCH3 is 1. The molecule has 1 fully saturated rings. The first kappa shape index (κ1) is 12.2. The SMILES string of the molecule is COc1ccc(CNC(C)CC2CC2)cc1O. The molecule has 1 saturated carbocycles. The molecule has 0 heterocycles. The van der Waals surface area contributed by atoms with Crippen LogP contribution in [0.1, 0.15) is 31.7 Å². The highest BCUT2D eigenvalue weighted by Gasteiger charge is 2.23. The van der Waals surface area contributed by atoms with E-state index in [2.05, 4.69) is 12.2 Å². The number of hydrogen-bond acceptors (Lipinski definition) is 3. The molecule has 1 aliphatic carbocycles. The van der Waals surface area contributed by atoms with Crippen molar-refractivity contribution in [3.63, 3.8) is 0 Å². The van der Waals surface area contributed by atoms with Gasteiger partial charge >= 0.3 is 0 Å². The first-order chi connectivity index (χ1) is 8.19. The Bertz CT molecular complexity index is 374. The second-order valence-corrected chi connectivity index (χ2v) is 4.97. The number of phenolic OH excluding ortho intramolecular Hbond substituents is 1. The van der Waals surface area contributed by atoms with Crippen molar-refractivity contribution in [1.82, 2.24) is 5.32 Å². The third-order valence-corrected chi connectivity index (χ3v) is 3.28. The van der Waals surface area contributed by atoms with Gasteiger partial charge in [0.05, 0.1) is 7.11 Å². The number of rotatable bonds is 6. The molecule has 3 heteroatoms. The van der Waals surface area contributed by atoms with E-state index in [0.717, 1.165) is 18.0 Å². The summed E-state index contributed by atoms with van der Waals surface area (Å²) in [6, 6.07) is 6.09. The zero-order valence-electron chi connectivity index (χ0n) is 10.6. The second kappa shape index (κ2) is 5.41. The molecule has 0 saturated heterocycles. The summed E-state index contributed by atoms with van der Waals surface area (Å²) >= 11 is 0. The van der Waals surface area contributed by atoms with Crippen LogP contribution in [-0.4, -0.2) is 18.3 Å². The van der Waals surface area contributed by atoms with Gasteiger partial charge in [-0.25, -0.2) is 0 Å². The van der Waals surface area contributed by atoms with Gasteiger partial charge in [-0.15, -0.1) is 0 Å². The molecular formula is C14H21NO2. The number of phenols is 1. The summed E-state index contributed by atoms with van der Waals surface area (Å²) in [6.45, 7) is 3.02. The molecular weight excluding hydrogens is 214 g/mol. The molecule has 17 heavy (non-hydrogen) atoms. The lowest BCUT2D eigenvalue weighted by molar-refractivity contribution is 0.372. The Balaban J connectivity index is 1.83. The first-order valence-electron chi connectivity index (χ1n) is 6.28. The molecule has 2 N–H and O–H groups in total. The van der Waals surface area contributed by atoms with Crippen molar-refractivity contribution in [3.05, 3.63) is 23.8 Å². The Kier molecular flexibility index (Phi) is 3.89. The van der Waals surface area contributed by atoms with Crippen molar-refractivity contribution in [1.29, 1.82) is 0 Å². The van der Waals surface area contributed by atoms with E-state index in [1.807, 2.05) is 6.07 Å². The lowest BCUT2D eigenvalue weighted by Gasteiger charge is -2.13. The quantitative estimate of drug-likeness (QED) is 0.796. The average Bonchev–Trinajstić information content (AvgIpc) is 3.10. The molecule has 0 spiro atoms. The number of ether oxygens (including phenoxy) is 1. The van der Waals surface area contributed by atoms with Crippen LogP contribution in [0.25, 0.3) is 0 Å². The fraction of sp³-hybridized carbons (Fsp3) is 0.571. The number of benzene rings is 1. The second-order valence-electron chi connectivity index (χ2n) is 4.97. The Morgan fingerprint density at radius 1 is 1.47 bits per heavy atom. The molecule has 1 aliphatic rings.